The van der Waals surface area contributed by atoms with Gasteiger partial charge in [-0.2, -0.15) is 13.2 Å². The maximum Gasteiger partial charge on any atom is 0.416 e. The van der Waals surface area contributed by atoms with Crippen LogP contribution in [0.4, 0.5) is 18.9 Å². The molecular weight excluding hydrogens is 263 g/mol. The first kappa shape index (κ1) is 14.4. The van der Waals surface area contributed by atoms with Crippen LogP contribution in [0, 0.1) is 0 Å². The van der Waals surface area contributed by atoms with Crippen LogP contribution >= 0.6 is 0 Å². The zero-order valence-electron chi connectivity index (χ0n) is 11.2. The molecule has 0 heterocycles. The molecule has 0 amide bonds. The molecule has 0 fully saturated rings. The van der Waals surface area contributed by atoms with Gasteiger partial charge in [0, 0.05) is 12.2 Å². The molecule has 1 N–H and O–H groups in total. The highest BCUT2D eigenvalue weighted by Gasteiger charge is 2.29. The van der Waals surface area contributed by atoms with Crippen LogP contribution in [0.5, 0.6) is 0 Å². The molecule has 106 valence electrons. The fraction of sp³-hybridized carbons (Fsp3) is 0.250. The third kappa shape index (κ3) is 3.76. The number of hydrogen-bond acceptors (Lipinski definition) is 1. The molecule has 0 aliphatic carbocycles. The van der Waals surface area contributed by atoms with Crippen LogP contribution in [0.15, 0.2) is 48.5 Å². The Morgan fingerprint density at radius 1 is 0.850 bits per heavy atom. The number of halogens is 3. The van der Waals surface area contributed by atoms with Crippen LogP contribution in [0.1, 0.15) is 23.6 Å². The lowest BCUT2D eigenvalue weighted by Crippen LogP contribution is -2.05. The van der Waals surface area contributed by atoms with Crippen molar-refractivity contribution in [2.24, 2.45) is 0 Å². The number of aryl methyl sites for hydroxylation is 1. The van der Waals surface area contributed by atoms with Crippen LogP contribution in [0.2, 0.25) is 0 Å². The molecule has 0 aliphatic rings. The summed E-state index contributed by atoms with van der Waals surface area (Å²) in [5, 5.41) is 3.11. The van der Waals surface area contributed by atoms with Crippen LogP contribution in [-0.4, -0.2) is 0 Å². The van der Waals surface area contributed by atoms with E-state index in [-0.39, 0.29) is 0 Å². The first-order valence-corrected chi connectivity index (χ1v) is 6.48. The van der Waals surface area contributed by atoms with Crippen LogP contribution in [0.3, 0.4) is 0 Å². The number of alkyl halides is 3. The third-order valence-electron chi connectivity index (χ3n) is 3.14. The summed E-state index contributed by atoms with van der Waals surface area (Å²) in [4.78, 5) is 0. The highest BCUT2D eigenvalue weighted by Crippen LogP contribution is 2.29. The third-order valence-corrected chi connectivity index (χ3v) is 3.14. The average molecular weight is 279 g/mol. The van der Waals surface area contributed by atoms with E-state index in [0.29, 0.717) is 12.2 Å². The van der Waals surface area contributed by atoms with Gasteiger partial charge in [0.1, 0.15) is 0 Å². The van der Waals surface area contributed by atoms with Crippen molar-refractivity contribution in [2.75, 3.05) is 5.32 Å². The Hall–Kier alpha value is -1.97. The van der Waals surface area contributed by atoms with Crippen molar-refractivity contribution in [1.82, 2.24) is 0 Å². The van der Waals surface area contributed by atoms with Crippen molar-refractivity contribution in [2.45, 2.75) is 26.1 Å². The Morgan fingerprint density at radius 2 is 1.40 bits per heavy atom. The lowest BCUT2D eigenvalue weighted by Gasteiger charge is -2.10. The highest BCUT2D eigenvalue weighted by molar-refractivity contribution is 5.45. The van der Waals surface area contributed by atoms with Crippen LogP contribution in [-0.2, 0) is 19.1 Å². The Bertz CT molecular complexity index is 541. The molecule has 0 bridgehead atoms. The molecular formula is C16H16F3N. The predicted molar refractivity (Wildman–Crippen MR) is 74.6 cm³/mol. The summed E-state index contributed by atoms with van der Waals surface area (Å²) in [6, 6.07) is 13.2. The van der Waals surface area contributed by atoms with Gasteiger partial charge in [0.2, 0.25) is 0 Å². The summed E-state index contributed by atoms with van der Waals surface area (Å²) in [6.07, 6.45) is -3.29. The van der Waals surface area contributed by atoms with Crippen molar-refractivity contribution in [3.63, 3.8) is 0 Å². The summed E-state index contributed by atoms with van der Waals surface area (Å²) in [5.41, 5.74) is 2.42. The van der Waals surface area contributed by atoms with Gasteiger partial charge in [-0.05, 0) is 41.8 Å². The molecule has 0 aliphatic heterocycles. The zero-order chi connectivity index (χ0) is 14.6. The molecule has 0 spiro atoms. The summed E-state index contributed by atoms with van der Waals surface area (Å²) in [5.74, 6) is 0. The Kier molecular flexibility index (Phi) is 4.32. The minimum absolute atomic E-state index is 0.593. The molecule has 1 nitrogen and oxygen atoms in total. The maximum atomic E-state index is 12.4. The van der Waals surface area contributed by atoms with E-state index in [9.17, 15) is 13.2 Å². The van der Waals surface area contributed by atoms with Crippen molar-refractivity contribution in [3.8, 4) is 0 Å². The molecule has 2 aromatic carbocycles. The number of nitrogens with one attached hydrogen (secondary N) is 1. The average Bonchev–Trinajstić information content (AvgIpc) is 2.45. The van der Waals surface area contributed by atoms with Crippen molar-refractivity contribution >= 4 is 5.69 Å². The second-order valence-electron chi connectivity index (χ2n) is 4.60. The Labute approximate surface area is 116 Å². The van der Waals surface area contributed by atoms with Crippen LogP contribution < -0.4 is 5.32 Å². The van der Waals surface area contributed by atoms with Gasteiger partial charge < -0.3 is 5.32 Å². The van der Waals surface area contributed by atoms with E-state index in [1.807, 2.05) is 12.1 Å². The van der Waals surface area contributed by atoms with Gasteiger partial charge in [-0.3, -0.25) is 0 Å². The first-order valence-electron chi connectivity index (χ1n) is 6.48. The predicted octanol–water partition coefficient (Wildman–Crippen LogP) is 4.88. The molecule has 0 unspecified atom stereocenters. The fourth-order valence-corrected chi connectivity index (χ4v) is 1.87. The normalized spacial score (nSPS) is 11.4. The molecule has 0 aromatic heterocycles. The monoisotopic (exact) mass is 279 g/mol. The van der Waals surface area contributed by atoms with Gasteiger partial charge >= 0.3 is 6.18 Å². The minimum Gasteiger partial charge on any atom is -0.381 e. The van der Waals surface area contributed by atoms with E-state index in [4.69, 9.17) is 0 Å². The van der Waals surface area contributed by atoms with E-state index in [1.165, 1.54) is 17.7 Å². The smallest absolute Gasteiger partial charge is 0.381 e. The quantitative estimate of drug-likeness (QED) is 0.841. The van der Waals surface area contributed by atoms with Crippen LogP contribution in [0.25, 0.3) is 0 Å². The first-order chi connectivity index (χ1) is 9.49. The molecule has 2 aromatic rings. The molecule has 0 atom stereocenters. The zero-order valence-corrected chi connectivity index (χ0v) is 11.2. The Balaban J connectivity index is 1.96. The lowest BCUT2D eigenvalue weighted by molar-refractivity contribution is -0.137. The molecule has 0 saturated heterocycles. The summed E-state index contributed by atoms with van der Waals surface area (Å²) >= 11 is 0. The van der Waals surface area contributed by atoms with E-state index in [0.717, 1.165) is 24.1 Å². The molecule has 2 rings (SSSR count). The SMILES string of the molecule is CCc1ccc(CNc2ccc(C(F)(F)F)cc2)cc1. The molecule has 4 heteroatoms. The molecule has 0 radical (unpaired) electrons. The van der Waals surface area contributed by atoms with Crippen molar-refractivity contribution in [1.29, 1.82) is 0 Å². The van der Waals surface area contributed by atoms with Gasteiger partial charge in [0.25, 0.3) is 0 Å². The fourth-order valence-electron chi connectivity index (χ4n) is 1.87. The Morgan fingerprint density at radius 3 is 1.90 bits per heavy atom. The largest absolute Gasteiger partial charge is 0.416 e. The topological polar surface area (TPSA) is 12.0 Å². The van der Waals surface area contributed by atoms with Gasteiger partial charge in [0.05, 0.1) is 5.56 Å². The number of benzene rings is 2. The van der Waals surface area contributed by atoms with E-state index in [1.54, 1.807) is 0 Å². The summed E-state index contributed by atoms with van der Waals surface area (Å²) in [6.45, 7) is 2.69. The summed E-state index contributed by atoms with van der Waals surface area (Å²) in [7, 11) is 0. The molecule has 0 saturated carbocycles. The minimum atomic E-state index is -4.28. The van der Waals surface area contributed by atoms with E-state index >= 15 is 0 Å². The summed E-state index contributed by atoms with van der Waals surface area (Å²) < 4.78 is 37.3. The standard InChI is InChI=1S/C16H16F3N/c1-2-12-3-5-13(6-4-12)11-20-15-9-7-14(8-10-15)16(17,18)19/h3-10,20H,2,11H2,1H3. The highest BCUT2D eigenvalue weighted by atomic mass is 19.4. The number of anilines is 1. The van der Waals surface area contributed by atoms with Gasteiger partial charge in [-0.25, -0.2) is 0 Å². The van der Waals surface area contributed by atoms with E-state index < -0.39 is 11.7 Å². The number of hydrogen-bond donors (Lipinski definition) is 1. The molecule has 20 heavy (non-hydrogen) atoms. The van der Waals surface area contributed by atoms with Crippen molar-refractivity contribution in [3.05, 3.63) is 65.2 Å². The second kappa shape index (κ2) is 5.99. The van der Waals surface area contributed by atoms with Crippen molar-refractivity contribution < 1.29 is 13.2 Å². The van der Waals surface area contributed by atoms with Gasteiger partial charge in [0.15, 0.2) is 0 Å². The van der Waals surface area contributed by atoms with Gasteiger partial charge in [-0.1, -0.05) is 31.2 Å². The maximum absolute atomic E-state index is 12.4. The second-order valence-corrected chi connectivity index (χ2v) is 4.60. The van der Waals surface area contributed by atoms with Gasteiger partial charge in [-0.15, -0.1) is 0 Å². The lowest BCUT2D eigenvalue weighted by atomic mass is 10.1. The number of rotatable bonds is 4. The van der Waals surface area contributed by atoms with E-state index in [2.05, 4.69) is 24.4 Å².